The molecule has 50 heavy (non-hydrogen) atoms. The van der Waals surface area contributed by atoms with E-state index in [0.29, 0.717) is 44.7 Å². The molecule has 2 atom stereocenters. The number of hydrogen-bond donors (Lipinski definition) is 1. The first-order valence-corrected chi connectivity index (χ1v) is 16.0. The summed E-state index contributed by atoms with van der Waals surface area (Å²) in [5.41, 5.74) is 13.6. The molecule has 3 aromatic carbocycles. The Labute approximate surface area is 286 Å². The summed E-state index contributed by atoms with van der Waals surface area (Å²) in [6.45, 7) is 3.66. The van der Waals surface area contributed by atoms with E-state index in [1.807, 2.05) is 43.3 Å². The zero-order valence-corrected chi connectivity index (χ0v) is 27.1. The second-order valence-electron chi connectivity index (χ2n) is 11.9. The SMILES string of the molecule is CC(N)c1cc2ncccc2nc1-c1cccc(F)c1.CC(c1cc2ncccc2nc1-c1cccc(F)c1)N1C(=O)c2ccccc2C1=O. The van der Waals surface area contributed by atoms with Gasteiger partial charge in [0.1, 0.15) is 11.6 Å². The van der Waals surface area contributed by atoms with Crippen LogP contribution in [-0.4, -0.2) is 36.7 Å². The van der Waals surface area contributed by atoms with Gasteiger partial charge in [0, 0.05) is 35.1 Å². The summed E-state index contributed by atoms with van der Waals surface area (Å²) in [6, 6.07) is 29.5. The Bertz CT molecular complexity index is 2400. The number of imide groups is 1. The highest BCUT2D eigenvalue weighted by atomic mass is 19.1. The average Bonchev–Trinajstić information content (AvgIpc) is 3.39. The minimum Gasteiger partial charge on any atom is -0.324 e. The minimum absolute atomic E-state index is 0.202. The molecule has 0 aliphatic carbocycles. The summed E-state index contributed by atoms with van der Waals surface area (Å²) < 4.78 is 27.4. The van der Waals surface area contributed by atoms with E-state index in [9.17, 15) is 18.4 Å². The van der Waals surface area contributed by atoms with Crippen LogP contribution in [-0.2, 0) is 0 Å². The highest BCUT2D eigenvalue weighted by Gasteiger charge is 2.39. The normalized spacial score (nSPS) is 13.6. The predicted molar refractivity (Wildman–Crippen MR) is 188 cm³/mol. The average molecular weight is 665 g/mol. The lowest BCUT2D eigenvalue weighted by Gasteiger charge is -2.25. The second-order valence-corrected chi connectivity index (χ2v) is 11.9. The van der Waals surface area contributed by atoms with Crippen LogP contribution in [0, 0.1) is 11.6 Å². The van der Waals surface area contributed by atoms with Crippen LogP contribution >= 0.6 is 0 Å². The van der Waals surface area contributed by atoms with E-state index in [-0.39, 0.29) is 29.5 Å². The number of aromatic nitrogens is 4. The van der Waals surface area contributed by atoms with E-state index >= 15 is 0 Å². The number of halogens is 2. The van der Waals surface area contributed by atoms with Crippen molar-refractivity contribution in [1.29, 1.82) is 0 Å². The van der Waals surface area contributed by atoms with E-state index in [4.69, 9.17) is 10.7 Å². The lowest BCUT2D eigenvalue weighted by Crippen LogP contribution is -2.33. The van der Waals surface area contributed by atoms with Crippen molar-refractivity contribution in [1.82, 2.24) is 24.8 Å². The summed E-state index contributed by atoms with van der Waals surface area (Å²) >= 11 is 0. The molecule has 0 saturated carbocycles. The summed E-state index contributed by atoms with van der Waals surface area (Å²) in [5, 5.41) is 0. The van der Waals surface area contributed by atoms with E-state index in [2.05, 4.69) is 15.0 Å². The molecule has 10 heteroatoms. The van der Waals surface area contributed by atoms with Gasteiger partial charge in [0.15, 0.2) is 0 Å². The number of pyridine rings is 4. The van der Waals surface area contributed by atoms with Gasteiger partial charge in [-0.1, -0.05) is 36.4 Å². The molecule has 1 aliphatic rings. The predicted octanol–water partition coefficient (Wildman–Crippen LogP) is 8.25. The molecular formula is C40H30F2N6O2. The van der Waals surface area contributed by atoms with Crippen molar-refractivity contribution < 1.29 is 18.4 Å². The smallest absolute Gasteiger partial charge is 0.262 e. The van der Waals surface area contributed by atoms with Gasteiger partial charge in [-0.05, 0) is 92.2 Å². The first-order chi connectivity index (χ1) is 24.2. The molecule has 0 bridgehead atoms. The van der Waals surface area contributed by atoms with Crippen molar-refractivity contribution in [3.63, 3.8) is 0 Å². The molecule has 2 amide bonds. The molecule has 0 saturated heterocycles. The summed E-state index contributed by atoms with van der Waals surface area (Å²) in [4.78, 5) is 45.2. The van der Waals surface area contributed by atoms with Gasteiger partial charge in [0.2, 0.25) is 0 Å². The van der Waals surface area contributed by atoms with Crippen LogP contribution in [0.15, 0.2) is 122 Å². The first-order valence-electron chi connectivity index (χ1n) is 16.0. The molecule has 0 radical (unpaired) electrons. The third-order valence-corrected chi connectivity index (χ3v) is 8.58. The fourth-order valence-corrected chi connectivity index (χ4v) is 6.13. The van der Waals surface area contributed by atoms with Gasteiger partial charge < -0.3 is 5.73 Å². The molecule has 8 nitrogen and oxygen atoms in total. The van der Waals surface area contributed by atoms with Crippen LogP contribution in [0.4, 0.5) is 8.78 Å². The maximum Gasteiger partial charge on any atom is 0.262 e. The van der Waals surface area contributed by atoms with Crippen LogP contribution in [0.25, 0.3) is 44.6 Å². The number of nitrogens with two attached hydrogens (primary N) is 1. The Balaban J connectivity index is 0.000000170. The van der Waals surface area contributed by atoms with Gasteiger partial charge in [-0.25, -0.2) is 18.7 Å². The number of carbonyl (C=O) groups excluding carboxylic acids is 2. The van der Waals surface area contributed by atoms with E-state index in [0.717, 1.165) is 22.2 Å². The standard InChI is InChI=1S/C24H16FN3O2.C16H14FN3/c1-14(28-23(29)17-8-2-3-9-18(17)24(28)30)19-13-21-20(10-5-11-26-21)27-22(19)15-6-4-7-16(25)12-15;1-10(18)13-9-15-14(6-3-7-19-15)20-16(13)11-4-2-5-12(17)8-11/h2-14H,1H3;2-10H,18H2,1H3. The molecule has 4 aromatic heterocycles. The highest BCUT2D eigenvalue weighted by molar-refractivity contribution is 6.21. The number of nitrogens with zero attached hydrogens (tertiary/aromatic N) is 5. The quantitative estimate of drug-likeness (QED) is 0.184. The van der Waals surface area contributed by atoms with Gasteiger partial charge in [0.05, 0.1) is 50.6 Å². The number of benzene rings is 3. The van der Waals surface area contributed by atoms with Crippen molar-refractivity contribution in [2.45, 2.75) is 25.9 Å². The van der Waals surface area contributed by atoms with Crippen molar-refractivity contribution >= 4 is 33.9 Å². The number of fused-ring (bicyclic) bond motifs is 3. The van der Waals surface area contributed by atoms with Gasteiger partial charge >= 0.3 is 0 Å². The second kappa shape index (κ2) is 13.3. The van der Waals surface area contributed by atoms with Crippen molar-refractivity contribution in [2.75, 3.05) is 0 Å². The summed E-state index contributed by atoms with van der Waals surface area (Å²) in [5.74, 6) is -1.38. The number of amides is 2. The largest absolute Gasteiger partial charge is 0.324 e. The number of rotatable bonds is 5. The monoisotopic (exact) mass is 664 g/mol. The summed E-state index contributed by atoms with van der Waals surface area (Å²) in [7, 11) is 0. The van der Waals surface area contributed by atoms with Crippen LogP contribution in [0.2, 0.25) is 0 Å². The minimum atomic E-state index is -0.616. The molecule has 0 spiro atoms. The molecule has 1 aliphatic heterocycles. The Morgan fingerprint density at radius 3 is 1.54 bits per heavy atom. The number of carbonyl (C=O) groups is 2. The highest BCUT2D eigenvalue weighted by Crippen LogP contribution is 2.37. The fourth-order valence-electron chi connectivity index (χ4n) is 6.13. The van der Waals surface area contributed by atoms with E-state index in [1.165, 1.54) is 29.2 Å². The van der Waals surface area contributed by atoms with E-state index in [1.54, 1.807) is 67.8 Å². The lowest BCUT2D eigenvalue weighted by molar-refractivity contribution is 0.0595. The molecule has 2 N–H and O–H groups in total. The molecular weight excluding hydrogens is 634 g/mol. The zero-order chi connectivity index (χ0) is 34.9. The molecule has 8 rings (SSSR count). The van der Waals surface area contributed by atoms with Crippen LogP contribution in [0.1, 0.15) is 57.8 Å². The topological polar surface area (TPSA) is 115 Å². The maximum absolute atomic E-state index is 13.9. The molecule has 246 valence electrons. The van der Waals surface area contributed by atoms with Gasteiger partial charge in [-0.2, -0.15) is 0 Å². The Hall–Kier alpha value is -6.26. The number of hydrogen-bond acceptors (Lipinski definition) is 7. The van der Waals surface area contributed by atoms with Gasteiger partial charge in [-0.3, -0.25) is 24.5 Å². The maximum atomic E-state index is 13.9. The zero-order valence-electron chi connectivity index (χ0n) is 27.1. The van der Waals surface area contributed by atoms with E-state index < -0.39 is 6.04 Å². The lowest BCUT2D eigenvalue weighted by atomic mass is 9.98. The Morgan fingerprint density at radius 1 is 0.580 bits per heavy atom. The third-order valence-electron chi connectivity index (χ3n) is 8.58. The molecule has 7 aromatic rings. The van der Waals surface area contributed by atoms with Gasteiger partial charge in [-0.15, -0.1) is 0 Å². The van der Waals surface area contributed by atoms with Gasteiger partial charge in [0.25, 0.3) is 11.8 Å². The van der Waals surface area contributed by atoms with Crippen LogP contribution < -0.4 is 5.73 Å². The van der Waals surface area contributed by atoms with Crippen molar-refractivity contribution in [3.8, 4) is 22.5 Å². The fraction of sp³-hybridized carbons (Fsp3) is 0.100. The summed E-state index contributed by atoms with van der Waals surface area (Å²) in [6.07, 6.45) is 3.37. The van der Waals surface area contributed by atoms with Crippen LogP contribution in [0.3, 0.4) is 0 Å². The third kappa shape index (κ3) is 6.08. The molecule has 0 fully saturated rings. The molecule has 5 heterocycles. The Kier molecular flexibility index (Phi) is 8.61. The van der Waals surface area contributed by atoms with Crippen molar-refractivity contribution in [2.24, 2.45) is 5.73 Å². The first kappa shape index (κ1) is 32.3. The van der Waals surface area contributed by atoms with Crippen molar-refractivity contribution in [3.05, 3.63) is 155 Å². The molecule has 2 unspecified atom stereocenters. The Morgan fingerprint density at radius 2 is 1.06 bits per heavy atom. The van der Waals surface area contributed by atoms with Crippen LogP contribution in [0.5, 0.6) is 0 Å².